The van der Waals surface area contributed by atoms with Gasteiger partial charge in [-0.1, -0.05) is 12.1 Å². The van der Waals surface area contributed by atoms with E-state index in [1.54, 1.807) is 24.3 Å². The lowest BCUT2D eigenvalue weighted by Crippen LogP contribution is -2.18. The van der Waals surface area contributed by atoms with E-state index in [9.17, 15) is 8.42 Å². The highest BCUT2D eigenvalue weighted by molar-refractivity contribution is 7.90. The predicted molar refractivity (Wildman–Crippen MR) is 95.9 cm³/mol. The minimum Gasteiger partial charge on any atom is -0.355 e. The summed E-state index contributed by atoms with van der Waals surface area (Å²) in [6.45, 7) is 0.532. The lowest BCUT2D eigenvalue weighted by atomic mass is 10.1. The number of hydrogen-bond acceptors (Lipinski definition) is 6. The molecule has 0 spiro atoms. The summed E-state index contributed by atoms with van der Waals surface area (Å²) >= 11 is 0. The summed E-state index contributed by atoms with van der Waals surface area (Å²) in [7, 11) is -1.45. The molecule has 126 valence electrons. The molecule has 1 heterocycles. The highest BCUT2D eigenvalue weighted by atomic mass is 32.2. The molecule has 0 aliphatic rings. The van der Waals surface area contributed by atoms with Crippen LogP contribution in [0.1, 0.15) is 11.1 Å². The molecule has 0 N–H and O–H groups in total. The van der Waals surface area contributed by atoms with Gasteiger partial charge in [-0.05, 0) is 35.9 Å². The number of fused-ring (bicyclic) bond motifs is 1. The average Bonchev–Trinajstić information content (AvgIpc) is 2.60. The Balaban J connectivity index is 2.03. The molecule has 2 aromatic carbocycles. The monoisotopic (exact) mass is 352 g/mol. The van der Waals surface area contributed by atoms with E-state index < -0.39 is 9.84 Å². The van der Waals surface area contributed by atoms with E-state index in [4.69, 9.17) is 5.26 Å². The Labute approximate surface area is 146 Å². The molecule has 0 radical (unpaired) electrons. The molecule has 0 amide bonds. The van der Waals surface area contributed by atoms with Crippen molar-refractivity contribution in [3.8, 4) is 6.07 Å². The quantitative estimate of drug-likeness (QED) is 0.717. The van der Waals surface area contributed by atoms with E-state index in [0.29, 0.717) is 28.8 Å². The fourth-order valence-electron chi connectivity index (χ4n) is 2.64. The number of rotatable bonds is 4. The Morgan fingerprint density at radius 2 is 1.96 bits per heavy atom. The van der Waals surface area contributed by atoms with Crippen molar-refractivity contribution in [3.05, 3.63) is 59.9 Å². The van der Waals surface area contributed by atoms with Crippen LogP contribution in [-0.4, -0.2) is 31.7 Å². The van der Waals surface area contributed by atoms with Gasteiger partial charge in [-0.25, -0.2) is 18.4 Å². The molecule has 3 rings (SSSR count). The molecule has 0 bridgehead atoms. The van der Waals surface area contributed by atoms with Gasteiger partial charge in [0.15, 0.2) is 9.84 Å². The second-order valence-corrected chi connectivity index (χ2v) is 7.83. The molecule has 0 aliphatic carbocycles. The maximum absolute atomic E-state index is 11.8. The second kappa shape index (κ2) is 6.49. The highest BCUT2D eigenvalue weighted by Crippen LogP contribution is 2.26. The molecule has 1 aromatic heterocycles. The number of nitriles is 1. The smallest absolute Gasteiger partial charge is 0.175 e. The first kappa shape index (κ1) is 16.9. The Morgan fingerprint density at radius 1 is 1.16 bits per heavy atom. The fraction of sp³-hybridized carbons (Fsp3) is 0.167. The van der Waals surface area contributed by atoms with Crippen molar-refractivity contribution >= 4 is 26.6 Å². The number of sulfone groups is 1. The van der Waals surface area contributed by atoms with E-state index in [0.717, 1.165) is 5.56 Å². The van der Waals surface area contributed by atoms with Gasteiger partial charge in [0, 0.05) is 25.2 Å². The first-order chi connectivity index (χ1) is 11.9. The van der Waals surface area contributed by atoms with Gasteiger partial charge in [0.25, 0.3) is 0 Å². The fourth-order valence-corrected chi connectivity index (χ4v) is 3.29. The van der Waals surface area contributed by atoms with E-state index in [1.165, 1.54) is 12.6 Å². The molecule has 0 aliphatic heterocycles. The summed E-state index contributed by atoms with van der Waals surface area (Å²) in [5.41, 5.74) is 2.24. The molecule has 3 aromatic rings. The summed E-state index contributed by atoms with van der Waals surface area (Å²) < 4.78 is 23.7. The van der Waals surface area contributed by atoms with Gasteiger partial charge in [-0.2, -0.15) is 5.26 Å². The van der Waals surface area contributed by atoms with E-state index >= 15 is 0 Å². The molecule has 0 fully saturated rings. The summed E-state index contributed by atoms with van der Waals surface area (Å²) in [5.74, 6) is 0.637. The van der Waals surface area contributed by atoms with Crippen LogP contribution in [0, 0.1) is 11.3 Å². The Bertz CT molecular complexity index is 1090. The van der Waals surface area contributed by atoms with Crippen LogP contribution in [0.2, 0.25) is 0 Å². The summed E-state index contributed by atoms with van der Waals surface area (Å²) in [5, 5.41) is 9.69. The maximum Gasteiger partial charge on any atom is 0.175 e. The first-order valence-corrected chi connectivity index (χ1v) is 9.42. The van der Waals surface area contributed by atoms with Crippen molar-refractivity contribution in [1.29, 1.82) is 5.26 Å². The molecule has 0 saturated carbocycles. The molecular weight excluding hydrogens is 336 g/mol. The average molecular weight is 352 g/mol. The van der Waals surface area contributed by atoms with Crippen LogP contribution in [-0.2, 0) is 16.4 Å². The number of hydrogen-bond donors (Lipinski definition) is 0. The van der Waals surface area contributed by atoms with Gasteiger partial charge in [0.2, 0.25) is 0 Å². The van der Waals surface area contributed by atoms with Gasteiger partial charge < -0.3 is 4.90 Å². The van der Waals surface area contributed by atoms with Crippen LogP contribution in [0.3, 0.4) is 0 Å². The molecule has 25 heavy (non-hydrogen) atoms. The van der Waals surface area contributed by atoms with Crippen molar-refractivity contribution in [3.63, 3.8) is 0 Å². The van der Waals surface area contributed by atoms with Gasteiger partial charge in [0.1, 0.15) is 12.1 Å². The number of anilines is 1. The molecule has 0 unspecified atom stereocenters. The molecule has 6 nitrogen and oxygen atoms in total. The third kappa shape index (κ3) is 3.59. The number of nitrogens with zero attached hydrogens (tertiary/aromatic N) is 4. The lowest BCUT2D eigenvalue weighted by molar-refractivity contribution is 0.602. The van der Waals surface area contributed by atoms with Crippen molar-refractivity contribution < 1.29 is 8.42 Å². The Hall–Kier alpha value is -2.98. The normalized spacial score (nSPS) is 11.2. The third-order valence-corrected chi connectivity index (χ3v) is 4.96. The van der Waals surface area contributed by atoms with E-state index in [-0.39, 0.29) is 4.90 Å². The highest BCUT2D eigenvalue weighted by Gasteiger charge is 2.13. The largest absolute Gasteiger partial charge is 0.355 e. The van der Waals surface area contributed by atoms with Crippen molar-refractivity contribution in [2.45, 2.75) is 11.4 Å². The Morgan fingerprint density at radius 3 is 2.68 bits per heavy atom. The summed E-state index contributed by atoms with van der Waals surface area (Å²) in [4.78, 5) is 10.7. The number of aromatic nitrogens is 2. The zero-order valence-electron chi connectivity index (χ0n) is 13.8. The van der Waals surface area contributed by atoms with Crippen LogP contribution >= 0.6 is 0 Å². The van der Waals surface area contributed by atoms with Gasteiger partial charge in [-0.15, -0.1) is 0 Å². The topological polar surface area (TPSA) is 86.9 Å². The molecule has 0 saturated heterocycles. The lowest BCUT2D eigenvalue weighted by Gasteiger charge is -2.20. The predicted octanol–water partition coefficient (Wildman–Crippen LogP) is 2.54. The third-order valence-electron chi connectivity index (χ3n) is 3.85. The standard InChI is InChI=1S/C18H16N4O2S/c1-22(11-14-5-3-4-13(8-14)10-19)18-16-9-15(25(2,23)24)6-7-17(16)20-12-21-18/h3-9,12H,11H2,1-2H3. The second-order valence-electron chi connectivity index (χ2n) is 5.82. The van der Waals surface area contributed by atoms with Gasteiger partial charge in [0.05, 0.1) is 22.0 Å². The van der Waals surface area contributed by atoms with Crippen LogP contribution in [0.25, 0.3) is 10.9 Å². The molecular formula is C18H16N4O2S. The van der Waals surface area contributed by atoms with Crippen LogP contribution < -0.4 is 4.90 Å². The maximum atomic E-state index is 11.8. The van der Waals surface area contributed by atoms with E-state index in [2.05, 4.69) is 16.0 Å². The van der Waals surface area contributed by atoms with Gasteiger partial charge >= 0.3 is 0 Å². The van der Waals surface area contributed by atoms with Crippen LogP contribution in [0.5, 0.6) is 0 Å². The zero-order valence-corrected chi connectivity index (χ0v) is 14.7. The van der Waals surface area contributed by atoms with Crippen molar-refractivity contribution in [1.82, 2.24) is 9.97 Å². The minimum absolute atomic E-state index is 0.232. The minimum atomic E-state index is -3.31. The Kier molecular flexibility index (Phi) is 4.38. The zero-order chi connectivity index (χ0) is 18.0. The number of benzene rings is 2. The molecule has 7 heteroatoms. The van der Waals surface area contributed by atoms with Crippen molar-refractivity contribution in [2.24, 2.45) is 0 Å². The summed E-state index contributed by atoms with van der Waals surface area (Å²) in [6, 6.07) is 14.3. The summed E-state index contributed by atoms with van der Waals surface area (Å²) in [6.07, 6.45) is 2.63. The van der Waals surface area contributed by atoms with Gasteiger partial charge in [-0.3, -0.25) is 0 Å². The SMILES string of the molecule is CN(Cc1cccc(C#N)c1)c1ncnc2ccc(S(C)(=O)=O)cc12. The van der Waals surface area contributed by atoms with Crippen molar-refractivity contribution in [2.75, 3.05) is 18.2 Å². The molecule has 0 atom stereocenters. The first-order valence-electron chi connectivity index (χ1n) is 7.53. The van der Waals surface area contributed by atoms with E-state index in [1.807, 2.05) is 30.1 Å². The van der Waals surface area contributed by atoms with Crippen LogP contribution in [0.15, 0.2) is 53.7 Å². The van der Waals surface area contributed by atoms with Crippen LogP contribution in [0.4, 0.5) is 5.82 Å².